The number of hydrogen-bond donors (Lipinski definition) is 3. The van der Waals surface area contributed by atoms with Crippen LogP contribution in [0.4, 0.5) is 11.4 Å². The summed E-state index contributed by atoms with van der Waals surface area (Å²) in [6, 6.07) is 14.6. The predicted molar refractivity (Wildman–Crippen MR) is 99.8 cm³/mol. The summed E-state index contributed by atoms with van der Waals surface area (Å²) in [5.41, 5.74) is 2.84. The van der Waals surface area contributed by atoms with E-state index >= 15 is 0 Å². The van der Waals surface area contributed by atoms with Gasteiger partial charge in [0.05, 0.1) is 6.54 Å². The van der Waals surface area contributed by atoms with Crippen LogP contribution in [0.3, 0.4) is 0 Å². The van der Waals surface area contributed by atoms with Crippen LogP contribution in [0.25, 0.3) is 0 Å². The number of para-hydroxylation sites is 1. The van der Waals surface area contributed by atoms with E-state index in [9.17, 15) is 9.59 Å². The maximum atomic E-state index is 12.4. The first-order valence-corrected chi connectivity index (χ1v) is 8.59. The maximum absolute atomic E-state index is 12.4. The van der Waals surface area contributed by atoms with Gasteiger partial charge in [-0.15, -0.1) is 0 Å². The summed E-state index contributed by atoms with van der Waals surface area (Å²) in [6.45, 7) is 3.09. The molecule has 130 valence electrons. The van der Waals surface area contributed by atoms with Crippen molar-refractivity contribution < 1.29 is 9.59 Å². The van der Waals surface area contributed by atoms with E-state index in [1.54, 1.807) is 12.1 Å². The highest BCUT2D eigenvalue weighted by Crippen LogP contribution is 2.27. The number of benzene rings is 2. The number of aryl methyl sites for hydroxylation is 1. The molecule has 2 aromatic rings. The molecule has 2 amide bonds. The summed E-state index contributed by atoms with van der Waals surface area (Å²) in [4.78, 5) is 24.4. The quantitative estimate of drug-likeness (QED) is 0.727. The van der Waals surface area contributed by atoms with Gasteiger partial charge in [0.2, 0.25) is 5.91 Å². The van der Waals surface area contributed by atoms with Crippen molar-refractivity contribution in [3.05, 3.63) is 59.7 Å². The van der Waals surface area contributed by atoms with Crippen molar-refractivity contribution in [3.63, 3.8) is 0 Å². The summed E-state index contributed by atoms with van der Waals surface area (Å²) in [7, 11) is 0. The van der Waals surface area contributed by atoms with Crippen LogP contribution in [0.1, 0.15) is 28.8 Å². The number of anilines is 2. The third-order valence-electron chi connectivity index (χ3n) is 4.22. The van der Waals surface area contributed by atoms with E-state index in [2.05, 4.69) is 16.0 Å². The van der Waals surface area contributed by atoms with Crippen molar-refractivity contribution in [2.24, 2.45) is 5.92 Å². The van der Waals surface area contributed by atoms with Crippen LogP contribution in [-0.4, -0.2) is 24.9 Å². The first-order chi connectivity index (χ1) is 12.1. The standard InChI is InChI=1S/C20H23N3O2/c1-14-7-10-16(20(25)22-17-5-3-2-4-6-17)11-18(14)23-19(24)13-21-12-15-8-9-15/h2-7,10-11,15,21H,8-9,12-13H2,1H3,(H,22,25)(H,23,24). The number of hydrogen-bond acceptors (Lipinski definition) is 3. The summed E-state index contributed by atoms with van der Waals surface area (Å²) in [5, 5.41) is 8.90. The van der Waals surface area contributed by atoms with Crippen LogP contribution >= 0.6 is 0 Å². The monoisotopic (exact) mass is 337 g/mol. The molecule has 1 fully saturated rings. The van der Waals surface area contributed by atoms with Gasteiger partial charge in [-0.3, -0.25) is 9.59 Å². The Labute approximate surface area is 147 Å². The molecular weight excluding hydrogens is 314 g/mol. The number of nitrogens with one attached hydrogen (secondary N) is 3. The minimum absolute atomic E-state index is 0.0932. The normalized spacial score (nSPS) is 13.3. The van der Waals surface area contributed by atoms with Gasteiger partial charge in [-0.1, -0.05) is 24.3 Å². The van der Waals surface area contributed by atoms with Gasteiger partial charge in [0.1, 0.15) is 0 Å². The van der Waals surface area contributed by atoms with Crippen molar-refractivity contribution in [1.29, 1.82) is 0 Å². The molecule has 25 heavy (non-hydrogen) atoms. The number of carbonyl (C=O) groups is 2. The zero-order valence-electron chi connectivity index (χ0n) is 14.3. The molecule has 0 unspecified atom stereocenters. The fourth-order valence-electron chi connectivity index (χ4n) is 2.53. The first-order valence-electron chi connectivity index (χ1n) is 8.59. The summed E-state index contributed by atoms with van der Waals surface area (Å²) in [5.74, 6) is 0.442. The number of amides is 2. The maximum Gasteiger partial charge on any atom is 0.255 e. The van der Waals surface area contributed by atoms with E-state index in [1.165, 1.54) is 12.8 Å². The van der Waals surface area contributed by atoms with E-state index in [4.69, 9.17) is 0 Å². The molecule has 2 aromatic carbocycles. The molecule has 0 bridgehead atoms. The Morgan fingerprint density at radius 2 is 1.80 bits per heavy atom. The van der Waals surface area contributed by atoms with E-state index in [0.29, 0.717) is 11.3 Å². The predicted octanol–water partition coefficient (Wildman–Crippen LogP) is 3.19. The zero-order chi connectivity index (χ0) is 17.6. The van der Waals surface area contributed by atoms with Gasteiger partial charge in [0, 0.05) is 16.9 Å². The van der Waals surface area contributed by atoms with Crippen molar-refractivity contribution in [1.82, 2.24) is 5.32 Å². The third kappa shape index (κ3) is 5.16. The van der Waals surface area contributed by atoms with Crippen LogP contribution in [0, 0.1) is 12.8 Å². The second kappa shape index (κ2) is 7.94. The molecule has 0 radical (unpaired) electrons. The van der Waals surface area contributed by atoms with Crippen molar-refractivity contribution >= 4 is 23.2 Å². The van der Waals surface area contributed by atoms with E-state index in [0.717, 1.165) is 23.7 Å². The van der Waals surface area contributed by atoms with E-state index < -0.39 is 0 Å². The molecular formula is C20H23N3O2. The van der Waals surface area contributed by atoms with Gasteiger partial charge in [-0.2, -0.15) is 0 Å². The zero-order valence-corrected chi connectivity index (χ0v) is 14.3. The molecule has 0 aromatic heterocycles. The summed E-state index contributed by atoms with van der Waals surface area (Å²) >= 11 is 0. The fourth-order valence-corrected chi connectivity index (χ4v) is 2.53. The Hall–Kier alpha value is -2.66. The van der Waals surface area contributed by atoms with Crippen LogP contribution in [0.5, 0.6) is 0 Å². The van der Waals surface area contributed by atoms with Crippen LogP contribution in [0.2, 0.25) is 0 Å². The van der Waals surface area contributed by atoms with Gasteiger partial charge in [-0.05, 0) is 62.1 Å². The lowest BCUT2D eigenvalue weighted by molar-refractivity contribution is -0.115. The molecule has 0 heterocycles. The average Bonchev–Trinajstić information content (AvgIpc) is 3.42. The van der Waals surface area contributed by atoms with Gasteiger partial charge in [0.25, 0.3) is 5.91 Å². The average molecular weight is 337 g/mol. The molecule has 3 rings (SSSR count). The molecule has 5 heteroatoms. The molecule has 0 aliphatic heterocycles. The smallest absolute Gasteiger partial charge is 0.255 e. The van der Waals surface area contributed by atoms with Gasteiger partial charge < -0.3 is 16.0 Å². The highest BCUT2D eigenvalue weighted by molar-refractivity contribution is 6.05. The van der Waals surface area contributed by atoms with Gasteiger partial charge in [-0.25, -0.2) is 0 Å². The van der Waals surface area contributed by atoms with E-state index in [-0.39, 0.29) is 18.4 Å². The Morgan fingerprint density at radius 3 is 2.52 bits per heavy atom. The Morgan fingerprint density at radius 1 is 1.04 bits per heavy atom. The van der Waals surface area contributed by atoms with Crippen LogP contribution in [0.15, 0.2) is 48.5 Å². The lowest BCUT2D eigenvalue weighted by atomic mass is 10.1. The highest BCUT2D eigenvalue weighted by Gasteiger charge is 2.20. The molecule has 0 saturated heterocycles. The molecule has 1 aliphatic carbocycles. The number of rotatable bonds is 7. The van der Waals surface area contributed by atoms with Gasteiger partial charge >= 0.3 is 0 Å². The van der Waals surface area contributed by atoms with E-state index in [1.807, 2.05) is 43.3 Å². The molecule has 1 aliphatic rings. The first kappa shape index (κ1) is 17.2. The minimum Gasteiger partial charge on any atom is -0.325 e. The van der Waals surface area contributed by atoms with Crippen LogP contribution < -0.4 is 16.0 Å². The second-order valence-electron chi connectivity index (χ2n) is 6.47. The highest BCUT2D eigenvalue weighted by atomic mass is 16.2. The molecule has 0 atom stereocenters. The van der Waals surface area contributed by atoms with Gasteiger partial charge in [0.15, 0.2) is 0 Å². The molecule has 5 nitrogen and oxygen atoms in total. The Kier molecular flexibility index (Phi) is 5.46. The second-order valence-corrected chi connectivity index (χ2v) is 6.47. The van der Waals surface area contributed by atoms with Crippen LogP contribution in [-0.2, 0) is 4.79 Å². The fraction of sp³-hybridized carbons (Fsp3) is 0.300. The third-order valence-corrected chi connectivity index (χ3v) is 4.22. The molecule has 3 N–H and O–H groups in total. The lowest BCUT2D eigenvalue weighted by Crippen LogP contribution is -2.29. The van der Waals surface area contributed by atoms with Crippen molar-refractivity contribution in [2.45, 2.75) is 19.8 Å². The topological polar surface area (TPSA) is 70.2 Å². The van der Waals surface area contributed by atoms with Crippen molar-refractivity contribution in [3.8, 4) is 0 Å². The SMILES string of the molecule is Cc1ccc(C(=O)Nc2ccccc2)cc1NC(=O)CNCC1CC1. The molecule has 1 saturated carbocycles. The Bertz CT molecular complexity index is 755. The van der Waals surface area contributed by atoms with Crippen molar-refractivity contribution in [2.75, 3.05) is 23.7 Å². The summed E-state index contributed by atoms with van der Waals surface area (Å²) < 4.78 is 0. The number of carbonyl (C=O) groups excluding carboxylic acids is 2. The largest absolute Gasteiger partial charge is 0.325 e. The molecule has 0 spiro atoms. The Balaban J connectivity index is 1.60. The lowest BCUT2D eigenvalue weighted by Gasteiger charge is -2.11. The summed E-state index contributed by atoms with van der Waals surface area (Å²) in [6.07, 6.45) is 2.51. The minimum atomic E-state index is -0.200.